The van der Waals surface area contributed by atoms with Gasteiger partial charge in [0.05, 0.1) is 12.8 Å². The Bertz CT molecular complexity index is 539. The van der Waals surface area contributed by atoms with Crippen LogP contribution in [0.25, 0.3) is 0 Å². The highest BCUT2D eigenvalue weighted by Gasteiger charge is 1.98. The summed E-state index contributed by atoms with van der Waals surface area (Å²) in [6.45, 7) is 0.621. The van der Waals surface area contributed by atoms with Gasteiger partial charge >= 0.3 is 0 Å². The zero-order valence-electron chi connectivity index (χ0n) is 9.74. The van der Waals surface area contributed by atoms with E-state index < -0.39 is 0 Å². The molecule has 2 aromatic rings. The van der Waals surface area contributed by atoms with Crippen LogP contribution in [0.5, 0.6) is 11.5 Å². The predicted octanol–water partition coefficient (Wildman–Crippen LogP) is 2.22. The van der Waals surface area contributed by atoms with Crippen molar-refractivity contribution >= 4 is 6.21 Å². The number of benzene rings is 2. The molecule has 0 unspecified atom stereocenters. The summed E-state index contributed by atoms with van der Waals surface area (Å²) in [4.78, 5) is 0. The molecular weight excluding hydrogens is 228 g/mol. The molecule has 2 rings (SSSR count). The van der Waals surface area contributed by atoms with Gasteiger partial charge in [0.2, 0.25) is 0 Å². The number of nitrogens with one attached hydrogen (secondary N) is 1. The zero-order chi connectivity index (χ0) is 12.8. The second-order valence-corrected chi connectivity index (χ2v) is 3.82. The van der Waals surface area contributed by atoms with Crippen LogP contribution in [0.3, 0.4) is 0 Å². The number of nitrogens with zero attached hydrogens (tertiary/aromatic N) is 1. The molecule has 0 bridgehead atoms. The molecule has 0 fully saturated rings. The van der Waals surface area contributed by atoms with Crippen molar-refractivity contribution in [3.8, 4) is 11.5 Å². The Morgan fingerprint density at radius 1 is 1.06 bits per heavy atom. The number of hydrogen-bond acceptors (Lipinski definition) is 4. The average molecular weight is 242 g/mol. The molecule has 0 radical (unpaired) electrons. The van der Waals surface area contributed by atoms with Gasteiger partial charge < -0.3 is 15.6 Å². The number of phenolic OH excluding ortho intramolecular Hbond substituents is 2. The molecule has 18 heavy (non-hydrogen) atoms. The number of phenols is 2. The van der Waals surface area contributed by atoms with Gasteiger partial charge in [0, 0.05) is 11.6 Å². The number of aromatic hydroxyl groups is 2. The Morgan fingerprint density at radius 3 is 2.56 bits per heavy atom. The number of hydrogen-bond donors (Lipinski definition) is 3. The van der Waals surface area contributed by atoms with Crippen LogP contribution in [0.4, 0.5) is 0 Å². The van der Waals surface area contributed by atoms with Gasteiger partial charge in [0.25, 0.3) is 0 Å². The van der Waals surface area contributed by atoms with Crippen molar-refractivity contribution in [2.45, 2.75) is 6.54 Å². The normalized spacial score (nSPS) is 10.7. The lowest BCUT2D eigenvalue weighted by molar-refractivity contribution is 0.450. The molecule has 0 heterocycles. The molecule has 0 saturated heterocycles. The van der Waals surface area contributed by atoms with Crippen LogP contribution in [-0.2, 0) is 6.54 Å². The zero-order valence-corrected chi connectivity index (χ0v) is 9.74. The molecule has 0 aliphatic heterocycles. The third kappa shape index (κ3) is 3.25. The van der Waals surface area contributed by atoms with E-state index in [0.717, 1.165) is 5.56 Å². The smallest absolute Gasteiger partial charge is 0.128 e. The van der Waals surface area contributed by atoms with E-state index in [-0.39, 0.29) is 11.5 Å². The van der Waals surface area contributed by atoms with Gasteiger partial charge in [-0.3, -0.25) is 0 Å². The third-order valence-corrected chi connectivity index (χ3v) is 2.43. The van der Waals surface area contributed by atoms with Crippen molar-refractivity contribution < 1.29 is 10.2 Å². The summed E-state index contributed by atoms with van der Waals surface area (Å²) >= 11 is 0. The first kappa shape index (κ1) is 12.0. The maximum atomic E-state index is 9.53. The fourth-order valence-electron chi connectivity index (χ4n) is 1.49. The lowest BCUT2D eigenvalue weighted by Gasteiger charge is -2.01. The highest BCUT2D eigenvalue weighted by atomic mass is 16.3. The van der Waals surface area contributed by atoms with Gasteiger partial charge in [-0.25, -0.2) is 0 Å². The second-order valence-electron chi connectivity index (χ2n) is 3.82. The summed E-state index contributed by atoms with van der Waals surface area (Å²) in [5.74, 6) is 0.0298. The molecule has 0 atom stereocenters. The van der Waals surface area contributed by atoms with E-state index in [1.54, 1.807) is 6.07 Å². The van der Waals surface area contributed by atoms with E-state index in [1.807, 2.05) is 30.3 Å². The van der Waals surface area contributed by atoms with E-state index in [4.69, 9.17) is 5.11 Å². The summed E-state index contributed by atoms with van der Waals surface area (Å²) in [5.41, 5.74) is 4.57. The van der Waals surface area contributed by atoms with Crippen molar-refractivity contribution in [1.82, 2.24) is 5.43 Å². The molecule has 4 heteroatoms. The van der Waals surface area contributed by atoms with E-state index >= 15 is 0 Å². The van der Waals surface area contributed by atoms with Gasteiger partial charge in [-0.1, -0.05) is 30.3 Å². The molecule has 0 amide bonds. The maximum Gasteiger partial charge on any atom is 0.128 e. The first-order valence-electron chi connectivity index (χ1n) is 5.57. The maximum absolute atomic E-state index is 9.53. The topological polar surface area (TPSA) is 64.9 Å². The molecule has 0 aliphatic rings. The first-order valence-corrected chi connectivity index (χ1v) is 5.57. The monoisotopic (exact) mass is 242 g/mol. The summed E-state index contributed by atoms with van der Waals surface area (Å²) in [5, 5.41) is 22.7. The minimum absolute atomic E-state index is 0.000242. The summed E-state index contributed by atoms with van der Waals surface area (Å²) in [7, 11) is 0. The molecule has 0 saturated carbocycles. The van der Waals surface area contributed by atoms with Crippen molar-refractivity contribution in [2.24, 2.45) is 5.10 Å². The predicted molar refractivity (Wildman–Crippen MR) is 70.6 cm³/mol. The Morgan fingerprint density at radius 2 is 1.83 bits per heavy atom. The van der Waals surface area contributed by atoms with Gasteiger partial charge in [-0.2, -0.15) is 5.10 Å². The standard InChI is InChI=1S/C14H14N2O2/c17-13-7-6-12(14(18)8-13)10-16-15-9-11-4-2-1-3-5-11/h1-8,10,15,17-18H,9H2. The van der Waals surface area contributed by atoms with E-state index in [2.05, 4.69) is 10.5 Å². The SMILES string of the molecule is Oc1ccc(C=NNCc2ccccc2)c(O)c1. The fourth-order valence-corrected chi connectivity index (χ4v) is 1.49. The van der Waals surface area contributed by atoms with E-state index in [0.29, 0.717) is 12.1 Å². The van der Waals surface area contributed by atoms with E-state index in [1.165, 1.54) is 18.3 Å². The van der Waals surface area contributed by atoms with Crippen LogP contribution in [0.1, 0.15) is 11.1 Å². The average Bonchev–Trinajstić information content (AvgIpc) is 2.38. The summed E-state index contributed by atoms with van der Waals surface area (Å²) < 4.78 is 0. The van der Waals surface area contributed by atoms with Gasteiger partial charge in [-0.05, 0) is 17.7 Å². The Kier molecular flexibility index (Phi) is 3.81. The Balaban J connectivity index is 1.92. The van der Waals surface area contributed by atoms with Crippen LogP contribution in [0.2, 0.25) is 0 Å². The second kappa shape index (κ2) is 5.72. The van der Waals surface area contributed by atoms with Crippen molar-refractivity contribution in [3.05, 3.63) is 59.7 Å². The van der Waals surface area contributed by atoms with Crippen molar-refractivity contribution in [3.63, 3.8) is 0 Å². The number of hydrazone groups is 1. The Hall–Kier alpha value is -2.49. The van der Waals surface area contributed by atoms with Crippen molar-refractivity contribution in [2.75, 3.05) is 0 Å². The van der Waals surface area contributed by atoms with Gasteiger partial charge in [0.15, 0.2) is 0 Å². The molecule has 2 aromatic carbocycles. The molecule has 92 valence electrons. The molecule has 3 N–H and O–H groups in total. The largest absolute Gasteiger partial charge is 0.508 e. The van der Waals surface area contributed by atoms with Crippen LogP contribution in [0.15, 0.2) is 53.6 Å². The van der Waals surface area contributed by atoms with Crippen molar-refractivity contribution in [1.29, 1.82) is 0 Å². The molecule has 0 spiro atoms. The quantitative estimate of drug-likeness (QED) is 0.569. The van der Waals surface area contributed by atoms with E-state index in [9.17, 15) is 5.11 Å². The molecule has 4 nitrogen and oxygen atoms in total. The van der Waals surface area contributed by atoms with Crippen LogP contribution in [0, 0.1) is 0 Å². The fraction of sp³-hybridized carbons (Fsp3) is 0.0714. The van der Waals surface area contributed by atoms with Crippen LogP contribution >= 0.6 is 0 Å². The lowest BCUT2D eigenvalue weighted by Crippen LogP contribution is -2.05. The summed E-state index contributed by atoms with van der Waals surface area (Å²) in [6, 6.07) is 14.3. The van der Waals surface area contributed by atoms with Crippen LogP contribution in [-0.4, -0.2) is 16.4 Å². The van der Waals surface area contributed by atoms with Gasteiger partial charge in [0.1, 0.15) is 11.5 Å². The molecular formula is C14H14N2O2. The first-order chi connectivity index (χ1) is 8.75. The summed E-state index contributed by atoms with van der Waals surface area (Å²) in [6.07, 6.45) is 1.51. The van der Waals surface area contributed by atoms with Gasteiger partial charge in [-0.15, -0.1) is 0 Å². The third-order valence-electron chi connectivity index (χ3n) is 2.43. The Labute approximate surface area is 105 Å². The highest BCUT2D eigenvalue weighted by Crippen LogP contribution is 2.20. The minimum atomic E-state index is 0.000242. The number of rotatable bonds is 4. The van der Waals surface area contributed by atoms with Crippen LogP contribution < -0.4 is 5.43 Å². The highest BCUT2D eigenvalue weighted by molar-refractivity contribution is 5.83. The minimum Gasteiger partial charge on any atom is -0.508 e. The molecule has 0 aliphatic carbocycles. The lowest BCUT2D eigenvalue weighted by atomic mass is 10.2. The molecule has 0 aromatic heterocycles.